The second kappa shape index (κ2) is 11.8. The molecular formula is C23H28N4O5S3. The smallest absolute Gasteiger partial charge is 0.348 e. The number of thiophene rings is 2. The molecule has 0 saturated carbocycles. The number of hydrogen-bond donors (Lipinski definition) is 1. The van der Waals surface area contributed by atoms with Gasteiger partial charge in [0.25, 0.3) is 0 Å². The summed E-state index contributed by atoms with van der Waals surface area (Å²) in [7, 11) is 1.86. The van der Waals surface area contributed by atoms with E-state index < -0.39 is 11.9 Å². The molecule has 1 N–H and O–H groups in total. The third-order valence-corrected chi connectivity index (χ3v) is 8.40. The summed E-state index contributed by atoms with van der Waals surface area (Å²) in [6, 6.07) is 2.11. The van der Waals surface area contributed by atoms with Crippen molar-refractivity contribution < 1.29 is 23.9 Å². The zero-order valence-electron chi connectivity index (χ0n) is 20.5. The van der Waals surface area contributed by atoms with Gasteiger partial charge in [0.1, 0.15) is 9.88 Å². The van der Waals surface area contributed by atoms with Crippen molar-refractivity contribution in [1.29, 1.82) is 0 Å². The molecule has 3 aromatic heterocycles. The first-order valence-corrected chi connectivity index (χ1v) is 13.7. The van der Waals surface area contributed by atoms with E-state index >= 15 is 0 Å². The van der Waals surface area contributed by atoms with Gasteiger partial charge < -0.3 is 19.4 Å². The van der Waals surface area contributed by atoms with Crippen LogP contribution in [0, 0.1) is 6.92 Å². The first kappa shape index (κ1) is 26.9. The zero-order chi connectivity index (χ0) is 25.7. The standard InChI is InChI=1S/C23H28N4O5S3/c1-7-31-21(29)17-13(5)18(22(30)32-8-2)35-20(17)24-16(28)11-34-23-26-25-19(27(23)6)14-9-15(12(3)4)33-10-14/h9-10,12H,7-8,11H2,1-6H3,(H,24,28). The van der Waals surface area contributed by atoms with E-state index in [0.717, 1.165) is 22.7 Å². The molecule has 0 bridgehead atoms. The van der Waals surface area contributed by atoms with Gasteiger partial charge in [-0.05, 0) is 38.3 Å². The summed E-state index contributed by atoms with van der Waals surface area (Å²) in [5.41, 5.74) is 1.58. The Bertz CT molecular complexity index is 1230. The molecule has 0 aromatic carbocycles. The molecule has 0 aliphatic rings. The lowest BCUT2D eigenvalue weighted by Gasteiger charge is -2.07. The Morgan fingerprint density at radius 1 is 1.14 bits per heavy atom. The van der Waals surface area contributed by atoms with Crippen molar-refractivity contribution in [2.75, 3.05) is 24.3 Å². The molecule has 35 heavy (non-hydrogen) atoms. The van der Waals surface area contributed by atoms with Crippen molar-refractivity contribution in [3.63, 3.8) is 0 Å². The van der Waals surface area contributed by atoms with Gasteiger partial charge in [-0.15, -0.1) is 32.9 Å². The summed E-state index contributed by atoms with van der Waals surface area (Å²) in [6.07, 6.45) is 0. The van der Waals surface area contributed by atoms with Crippen molar-refractivity contribution in [2.45, 2.75) is 45.7 Å². The van der Waals surface area contributed by atoms with Crippen molar-refractivity contribution in [1.82, 2.24) is 14.8 Å². The van der Waals surface area contributed by atoms with Crippen LogP contribution >= 0.6 is 34.4 Å². The lowest BCUT2D eigenvalue weighted by atomic mass is 10.1. The molecule has 0 aliphatic carbocycles. The number of aromatic nitrogens is 3. The van der Waals surface area contributed by atoms with E-state index in [-0.39, 0.29) is 40.3 Å². The van der Waals surface area contributed by atoms with E-state index in [1.54, 1.807) is 32.1 Å². The molecule has 0 radical (unpaired) electrons. The van der Waals surface area contributed by atoms with E-state index in [1.165, 1.54) is 16.6 Å². The Morgan fingerprint density at radius 2 is 1.83 bits per heavy atom. The SMILES string of the molecule is CCOC(=O)c1sc(NC(=O)CSc2nnc(-c3csc(C(C)C)c3)n2C)c(C(=O)OCC)c1C. The highest BCUT2D eigenvalue weighted by Crippen LogP contribution is 2.35. The van der Waals surface area contributed by atoms with Crippen LogP contribution in [0.3, 0.4) is 0 Å². The average molecular weight is 537 g/mol. The Labute approximate surface area is 216 Å². The number of esters is 2. The van der Waals surface area contributed by atoms with Crippen LogP contribution in [-0.4, -0.2) is 51.6 Å². The Balaban J connectivity index is 1.74. The number of nitrogens with zero attached hydrogens (tertiary/aromatic N) is 3. The number of ether oxygens (including phenoxy) is 2. The minimum Gasteiger partial charge on any atom is -0.462 e. The van der Waals surface area contributed by atoms with Gasteiger partial charge in [0.2, 0.25) is 5.91 Å². The molecular weight excluding hydrogens is 508 g/mol. The minimum absolute atomic E-state index is 0.0425. The molecule has 3 aromatic rings. The van der Waals surface area contributed by atoms with E-state index in [4.69, 9.17) is 9.47 Å². The van der Waals surface area contributed by atoms with E-state index in [1.807, 2.05) is 11.6 Å². The van der Waals surface area contributed by atoms with Crippen molar-refractivity contribution in [2.24, 2.45) is 7.05 Å². The predicted molar refractivity (Wildman–Crippen MR) is 139 cm³/mol. The van der Waals surface area contributed by atoms with Crippen molar-refractivity contribution in [3.8, 4) is 11.4 Å². The second-order valence-corrected chi connectivity index (χ2v) is 10.7. The molecule has 3 rings (SSSR count). The van der Waals surface area contributed by atoms with E-state index in [2.05, 4.69) is 40.8 Å². The molecule has 0 fully saturated rings. The maximum absolute atomic E-state index is 12.8. The number of rotatable bonds is 10. The largest absolute Gasteiger partial charge is 0.462 e. The van der Waals surface area contributed by atoms with Crippen LogP contribution in [0.5, 0.6) is 0 Å². The van der Waals surface area contributed by atoms with Crippen LogP contribution in [0.15, 0.2) is 16.6 Å². The fourth-order valence-electron chi connectivity index (χ4n) is 3.20. The van der Waals surface area contributed by atoms with Gasteiger partial charge in [-0.1, -0.05) is 25.6 Å². The molecule has 0 atom stereocenters. The number of carbonyl (C=O) groups is 3. The number of carbonyl (C=O) groups excluding carboxylic acids is 3. The Morgan fingerprint density at radius 3 is 2.46 bits per heavy atom. The molecule has 12 heteroatoms. The highest BCUT2D eigenvalue weighted by atomic mass is 32.2. The predicted octanol–water partition coefficient (Wildman–Crippen LogP) is 5.12. The van der Waals surface area contributed by atoms with Gasteiger partial charge >= 0.3 is 11.9 Å². The topological polar surface area (TPSA) is 112 Å². The molecule has 0 unspecified atom stereocenters. The quantitative estimate of drug-likeness (QED) is 0.281. The summed E-state index contributed by atoms with van der Waals surface area (Å²) in [5.74, 6) is -0.288. The summed E-state index contributed by atoms with van der Waals surface area (Å²) in [5, 5.41) is 14.2. The van der Waals surface area contributed by atoms with Gasteiger partial charge in [0, 0.05) is 22.9 Å². The first-order valence-electron chi connectivity index (χ1n) is 11.1. The summed E-state index contributed by atoms with van der Waals surface area (Å²) >= 11 is 3.91. The van der Waals surface area contributed by atoms with Gasteiger partial charge in [0.05, 0.1) is 24.5 Å². The van der Waals surface area contributed by atoms with Crippen molar-refractivity contribution >= 4 is 57.3 Å². The minimum atomic E-state index is -0.603. The maximum atomic E-state index is 12.8. The molecule has 0 spiro atoms. The first-order chi connectivity index (χ1) is 16.7. The highest BCUT2D eigenvalue weighted by molar-refractivity contribution is 7.99. The van der Waals surface area contributed by atoms with Crippen LogP contribution in [0.4, 0.5) is 5.00 Å². The van der Waals surface area contributed by atoms with Crippen LogP contribution in [0.2, 0.25) is 0 Å². The monoisotopic (exact) mass is 536 g/mol. The van der Waals surface area contributed by atoms with Gasteiger partial charge in [-0.3, -0.25) is 4.79 Å². The molecule has 3 heterocycles. The van der Waals surface area contributed by atoms with Gasteiger partial charge in [-0.25, -0.2) is 9.59 Å². The molecule has 0 aliphatic heterocycles. The number of hydrogen-bond acceptors (Lipinski definition) is 10. The highest BCUT2D eigenvalue weighted by Gasteiger charge is 2.27. The summed E-state index contributed by atoms with van der Waals surface area (Å²) in [6.45, 7) is 9.68. The molecule has 188 valence electrons. The van der Waals surface area contributed by atoms with Gasteiger partial charge in [0.15, 0.2) is 11.0 Å². The lowest BCUT2D eigenvalue weighted by molar-refractivity contribution is -0.113. The normalized spacial score (nSPS) is 11.1. The van der Waals surface area contributed by atoms with Gasteiger partial charge in [-0.2, -0.15) is 0 Å². The average Bonchev–Trinajstić information content (AvgIpc) is 3.50. The Hall–Kier alpha value is -2.70. The summed E-state index contributed by atoms with van der Waals surface area (Å²) < 4.78 is 12.1. The molecule has 9 nitrogen and oxygen atoms in total. The number of anilines is 1. The van der Waals surface area contributed by atoms with Crippen LogP contribution in [0.25, 0.3) is 11.4 Å². The third kappa shape index (κ3) is 6.11. The fourth-order valence-corrected chi connectivity index (χ4v) is 5.92. The maximum Gasteiger partial charge on any atom is 0.348 e. The molecule has 0 saturated heterocycles. The Kier molecular flexibility index (Phi) is 9.09. The number of thioether (sulfide) groups is 1. The summed E-state index contributed by atoms with van der Waals surface area (Å²) in [4.78, 5) is 39.1. The second-order valence-electron chi connectivity index (χ2n) is 7.80. The molecule has 1 amide bonds. The van der Waals surface area contributed by atoms with Crippen LogP contribution in [0.1, 0.15) is 64.1 Å². The van der Waals surface area contributed by atoms with Crippen LogP contribution < -0.4 is 5.32 Å². The van der Waals surface area contributed by atoms with E-state index in [9.17, 15) is 14.4 Å². The lowest BCUT2D eigenvalue weighted by Crippen LogP contribution is -2.16. The number of amides is 1. The zero-order valence-corrected chi connectivity index (χ0v) is 22.9. The van der Waals surface area contributed by atoms with Crippen LogP contribution in [-0.2, 0) is 21.3 Å². The van der Waals surface area contributed by atoms with Crippen molar-refractivity contribution in [3.05, 3.63) is 32.3 Å². The fraction of sp³-hybridized carbons (Fsp3) is 0.435. The third-order valence-electron chi connectivity index (χ3n) is 4.95. The van der Waals surface area contributed by atoms with E-state index in [0.29, 0.717) is 16.6 Å². The number of nitrogens with one attached hydrogen (secondary N) is 1.